The summed E-state index contributed by atoms with van der Waals surface area (Å²) in [6.07, 6.45) is 5.80. The molecule has 1 saturated carbocycles. The van der Waals surface area contributed by atoms with Gasteiger partial charge < -0.3 is 24.3 Å². The predicted molar refractivity (Wildman–Crippen MR) is 105 cm³/mol. The van der Waals surface area contributed by atoms with Gasteiger partial charge in [0.2, 0.25) is 11.8 Å². The number of amides is 2. The van der Waals surface area contributed by atoms with Crippen molar-refractivity contribution < 1.29 is 19.1 Å². The maximum atomic E-state index is 13.3. The maximum absolute atomic E-state index is 13.3. The van der Waals surface area contributed by atoms with Gasteiger partial charge in [0.1, 0.15) is 6.54 Å². The highest BCUT2D eigenvalue weighted by atomic mass is 16.7. The van der Waals surface area contributed by atoms with Crippen LogP contribution in [-0.4, -0.2) is 53.4 Å². The minimum Gasteiger partial charge on any atom is -0.351 e. The van der Waals surface area contributed by atoms with Crippen LogP contribution in [0.4, 0.5) is 0 Å². The van der Waals surface area contributed by atoms with E-state index < -0.39 is 12.3 Å². The molecule has 0 aromatic carbocycles. The zero-order valence-corrected chi connectivity index (χ0v) is 17.2. The number of fused-ring (bicyclic) bond motifs is 1. The first-order chi connectivity index (χ1) is 13.5. The van der Waals surface area contributed by atoms with Crippen LogP contribution in [0.5, 0.6) is 0 Å². The van der Waals surface area contributed by atoms with Gasteiger partial charge in [-0.2, -0.15) is 0 Å². The Morgan fingerprint density at radius 3 is 2.64 bits per heavy atom. The second-order valence-electron chi connectivity index (χ2n) is 7.73. The van der Waals surface area contributed by atoms with E-state index in [2.05, 4.69) is 12.2 Å². The molecule has 28 heavy (non-hydrogen) atoms. The van der Waals surface area contributed by atoms with Gasteiger partial charge in [-0.3, -0.25) is 9.59 Å². The van der Waals surface area contributed by atoms with Crippen LogP contribution in [0, 0.1) is 5.92 Å². The van der Waals surface area contributed by atoms with Gasteiger partial charge in [-0.1, -0.05) is 19.8 Å². The molecule has 2 amide bonds. The van der Waals surface area contributed by atoms with Crippen LogP contribution in [-0.2, 0) is 25.6 Å². The highest BCUT2D eigenvalue weighted by molar-refractivity contribution is 5.90. The quantitative estimate of drug-likeness (QED) is 0.691. The third kappa shape index (κ3) is 4.58. The van der Waals surface area contributed by atoms with E-state index in [9.17, 15) is 9.59 Å². The summed E-state index contributed by atoms with van der Waals surface area (Å²) in [5, 5.41) is 3.23. The lowest BCUT2D eigenvalue weighted by molar-refractivity contribution is -0.168. The van der Waals surface area contributed by atoms with Gasteiger partial charge >= 0.3 is 0 Å². The molecule has 0 spiro atoms. The zero-order valence-electron chi connectivity index (χ0n) is 17.2. The van der Waals surface area contributed by atoms with Crippen molar-refractivity contribution in [2.24, 2.45) is 5.92 Å². The summed E-state index contributed by atoms with van der Waals surface area (Å²) in [6, 6.07) is 3.31. The van der Waals surface area contributed by atoms with E-state index in [1.165, 1.54) is 6.42 Å². The summed E-state index contributed by atoms with van der Waals surface area (Å²) in [5.41, 5.74) is 0.840. The average molecular weight is 392 g/mol. The van der Waals surface area contributed by atoms with Crippen molar-refractivity contribution >= 4 is 11.8 Å². The van der Waals surface area contributed by atoms with Crippen molar-refractivity contribution in [2.75, 3.05) is 19.8 Å². The summed E-state index contributed by atoms with van der Waals surface area (Å²) < 4.78 is 13.2. The van der Waals surface area contributed by atoms with Gasteiger partial charge in [-0.25, -0.2) is 0 Å². The average Bonchev–Trinajstić information content (AvgIpc) is 3.12. The monoisotopic (exact) mass is 391 g/mol. The molecule has 0 radical (unpaired) electrons. The van der Waals surface area contributed by atoms with Crippen molar-refractivity contribution in [3.05, 3.63) is 24.0 Å². The Hall–Kier alpha value is -1.86. The van der Waals surface area contributed by atoms with E-state index in [0.29, 0.717) is 19.1 Å². The molecule has 0 saturated heterocycles. The van der Waals surface area contributed by atoms with Crippen LogP contribution in [0.25, 0.3) is 0 Å². The van der Waals surface area contributed by atoms with E-state index >= 15 is 0 Å². The molecule has 7 heteroatoms. The molecule has 7 nitrogen and oxygen atoms in total. The fraction of sp³-hybridized carbons (Fsp3) is 0.714. The molecule has 2 heterocycles. The van der Waals surface area contributed by atoms with Gasteiger partial charge in [0, 0.05) is 25.5 Å². The van der Waals surface area contributed by atoms with Gasteiger partial charge in [0.05, 0.1) is 12.2 Å². The van der Waals surface area contributed by atoms with Gasteiger partial charge in [0.15, 0.2) is 12.3 Å². The van der Waals surface area contributed by atoms with Crippen molar-refractivity contribution in [1.29, 1.82) is 0 Å². The van der Waals surface area contributed by atoms with Crippen LogP contribution < -0.4 is 5.32 Å². The molecule has 1 N–H and O–H groups in total. The zero-order chi connectivity index (χ0) is 20.1. The standard InChI is InChI=1S/C21H33N3O4/c1-4-27-19(28-5-2)14-24-18(25)13-23-12-8-11-17(23)20(24)21(26)22-16-10-7-6-9-15(16)3/h8,11-12,15-16,19-20H,4-7,9-10,13-14H2,1-3H3,(H,22,26)/t15-,16-,20+/m0/s1. The number of rotatable bonds is 8. The molecule has 2 aliphatic rings. The first-order valence-electron chi connectivity index (χ1n) is 10.5. The Morgan fingerprint density at radius 1 is 1.25 bits per heavy atom. The van der Waals surface area contributed by atoms with Crippen LogP contribution in [0.2, 0.25) is 0 Å². The smallest absolute Gasteiger partial charge is 0.249 e. The Morgan fingerprint density at radius 2 is 1.96 bits per heavy atom. The molecule has 1 aliphatic carbocycles. The van der Waals surface area contributed by atoms with Gasteiger partial charge in [0.25, 0.3) is 0 Å². The third-order valence-electron chi connectivity index (χ3n) is 5.82. The molecule has 1 aromatic rings. The second kappa shape index (κ2) is 9.56. The fourth-order valence-corrected chi connectivity index (χ4v) is 4.32. The Bertz CT molecular complexity index is 668. The number of aromatic nitrogens is 1. The Kier molecular flexibility index (Phi) is 7.13. The lowest BCUT2D eigenvalue weighted by Gasteiger charge is -2.39. The number of hydrogen-bond acceptors (Lipinski definition) is 4. The van der Waals surface area contributed by atoms with E-state index in [-0.39, 0.29) is 30.9 Å². The van der Waals surface area contributed by atoms with Gasteiger partial charge in [-0.05, 0) is 44.7 Å². The molecule has 3 rings (SSSR count). The lowest BCUT2D eigenvalue weighted by atomic mass is 9.85. The SMILES string of the molecule is CCOC(CN1C(=O)Cn2cccc2[C@@H]1C(=O)N[C@H]1CCCC[C@@H]1C)OCC. The largest absolute Gasteiger partial charge is 0.351 e. The number of carbonyl (C=O) groups is 2. The van der Waals surface area contributed by atoms with Crippen molar-refractivity contribution in [3.8, 4) is 0 Å². The Balaban J connectivity index is 1.82. The molecular formula is C21H33N3O4. The minimum absolute atomic E-state index is 0.0926. The van der Waals surface area contributed by atoms with Crippen LogP contribution >= 0.6 is 0 Å². The summed E-state index contributed by atoms with van der Waals surface area (Å²) in [5.74, 6) is 0.250. The molecule has 1 aliphatic heterocycles. The van der Waals surface area contributed by atoms with Crippen LogP contribution in [0.15, 0.2) is 18.3 Å². The predicted octanol–water partition coefficient (Wildman–Crippen LogP) is 2.47. The lowest BCUT2D eigenvalue weighted by Crippen LogP contribution is -2.54. The minimum atomic E-state index is -0.659. The molecule has 156 valence electrons. The topological polar surface area (TPSA) is 72.8 Å². The number of nitrogens with zero attached hydrogens (tertiary/aromatic N) is 2. The maximum Gasteiger partial charge on any atom is 0.249 e. The van der Waals surface area contributed by atoms with E-state index in [1.54, 1.807) is 4.90 Å². The number of ether oxygens (including phenoxy) is 2. The normalized spacial score (nSPS) is 25.1. The molecule has 1 aromatic heterocycles. The van der Waals surface area contributed by atoms with Crippen molar-refractivity contribution in [1.82, 2.24) is 14.8 Å². The fourth-order valence-electron chi connectivity index (χ4n) is 4.32. The van der Waals surface area contributed by atoms with Crippen LogP contribution in [0.1, 0.15) is 58.2 Å². The summed E-state index contributed by atoms with van der Waals surface area (Å²) in [4.78, 5) is 27.8. The molecule has 0 unspecified atom stereocenters. The van der Waals surface area contributed by atoms with Crippen molar-refractivity contribution in [3.63, 3.8) is 0 Å². The van der Waals surface area contributed by atoms with Crippen molar-refractivity contribution in [2.45, 2.75) is 71.4 Å². The second-order valence-corrected chi connectivity index (χ2v) is 7.73. The molecule has 0 bridgehead atoms. The highest BCUT2D eigenvalue weighted by Crippen LogP contribution is 2.30. The first kappa shape index (κ1) is 20.9. The summed E-state index contributed by atoms with van der Waals surface area (Å²) >= 11 is 0. The first-order valence-corrected chi connectivity index (χ1v) is 10.5. The number of nitrogens with one attached hydrogen (secondary N) is 1. The number of carbonyl (C=O) groups excluding carboxylic acids is 2. The summed E-state index contributed by atoms with van der Waals surface area (Å²) in [7, 11) is 0. The molecule has 1 fully saturated rings. The number of hydrogen-bond donors (Lipinski definition) is 1. The van der Waals surface area contributed by atoms with Gasteiger partial charge in [-0.15, -0.1) is 0 Å². The van der Waals surface area contributed by atoms with E-state index in [4.69, 9.17) is 9.47 Å². The Labute approximate surface area is 167 Å². The third-order valence-corrected chi connectivity index (χ3v) is 5.82. The molecular weight excluding hydrogens is 358 g/mol. The van der Waals surface area contributed by atoms with Crippen LogP contribution in [0.3, 0.4) is 0 Å². The highest BCUT2D eigenvalue weighted by Gasteiger charge is 2.39. The summed E-state index contributed by atoms with van der Waals surface area (Å²) in [6.45, 7) is 7.42. The molecule has 3 atom stereocenters. The van der Waals surface area contributed by atoms with E-state index in [1.807, 2.05) is 36.7 Å². The van der Waals surface area contributed by atoms with E-state index in [0.717, 1.165) is 25.0 Å².